The van der Waals surface area contributed by atoms with Crippen molar-refractivity contribution in [1.82, 2.24) is 10.2 Å². The van der Waals surface area contributed by atoms with Gasteiger partial charge in [-0.05, 0) is 56.3 Å². The highest BCUT2D eigenvalue weighted by Gasteiger charge is 2.34. The monoisotopic (exact) mass is 302 g/mol. The van der Waals surface area contributed by atoms with E-state index in [9.17, 15) is 4.79 Å². The molecule has 3 nitrogen and oxygen atoms in total. The van der Waals surface area contributed by atoms with Gasteiger partial charge in [0, 0.05) is 23.6 Å². The number of hydrogen-bond donors (Lipinski definition) is 1. The highest BCUT2D eigenvalue weighted by molar-refractivity contribution is 8.02. The van der Waals surface area contributed by atoms with E-state index >= 15 is 0 Å². The molecule has 0 saturated carbocycles. The van der Waals surface area contributed by atoms with Crippen LogP contribution < -0.4 is 5.32 Å². The number of piperidine rings is 3. The van der Waals surface area contributed by atoms with Crippen LogP contribution in [0.2, 0.25) is 0 Å². The number of carbonyl (C=O) groups excluding carboxylic acids is 1. The van der Waals surface area contributed by atoms with Gasteiger partial charge >= 0.3 is 0 Å². The largest absolute Gasteiger partial charge is 0.348 e. The quantitative estimate of drug-likeness (QED) is 0.686. The Bertz CT molecular complexity index is 518. The van der Waals surface area contributed by atoms with Crippen LogP contribution in [0.25, 0.3) is 0 Å². The number of nitrogens with one attached hydrogen (secondary N) is 1. The molecule has 3 saturated heterocycles. The molecule has 1 unspecified atom stereocenters. The van der Waals surface area contributed by atoms with Crippen LogP contribution in [0.15, 0.2) is 40.6 Å². The molecule has 0 radical (unpaired) electrons. The van der Waals surface area contributed by atoms with Crippen molar-refractivity contribution in [2.24, 2.45) is 5.92 Å². The Morgan fingerprint density at radius 3 is 2.62 bits per heavy atom. The molecule has 3 fully saturated rings. The average molecular weight is 302 g/mol. The summed E-state index contributed by atoms with van der Waals surface area (Å²) in [5.41, 5.74) is 1.25. The fourth-order valence-electron chi connectivity index (χ4n) is 3.15. The predicted molar refractivity (Wildman–Crippen MR) is 87.3 cm³/mol. The molecule has 3 aliphatic heterocycles. The van der Waals surface area contributed by atoms with E-state index in [1.165, 1.54) is 31.5 Å². The Balaban J connectivity index is 1.47. The first-order valence-corrected chi connectivity index (χ1v) is 8.51. The minimum Gasteiger partial charge on any atom is -0.348 e. The Labute approximate surface area is 130 Å². The van der Waals surface area contributed by atoms with Crippen LogP contribution in [0, 0.1) is 12.8 Å². The van der Waals surface area contributed by atoms with Crippen molar-refractivity contribution in [2.45, 2.75) is 30.7 Å². The lowest BCUT2D eigenvalue weighted by Gasteiger charge is -2.44. The average Bonchev–Trinajstić information content (AvgIpc) is 2.50. The molecule has 3 heterocycles. The van der Waals surface area contributed by atoms with E-state index in [4.69, 9.17) is 0 Å². The molecular formula is C17H22N2OS. The molecule has 4 rings (SSSR count). The van der Waals surface area contributed by atoms with Gasteiger partial charge in [-0.15, -0.1) is 0 Å². The molecule has 1 aromatic carbocycles. The van der Waals surface area contributed by atoms with Crippen molar-refractivity contribution in [3.05, 3.63) is 41.3 Å². The third kappa shape index (κ3) is 3.89. The lowest BCUT2D eigenvalue weighted by molar-refractivity contribution is -0.118. The third-order valence-electron chi connectivity index (χ3n) is 4.43. The second-order valence-electron chi connectivity index (χ2n) is 5.99. The second kappa shape index (κ2) is 6.67. The SMILES string of the molecule is Cc1ccc(SC=CC(=O)NC2CN3CCC2CC3)cc1. The number of thioether (sulfide) groups is 1. The normalized spacial score (nSPS) is 28.0. The molecule has 1 aromatic rings. The minimum absolute atomic E-state index is 0.0355. The summed E-state index contributed by atoms with van der Waals surface area (Å²) in [7, 11) is 0. The zero-order chi connectivity index (χ0) is 14.7. The number of fused-ring (bicyclic) bond motifs is 3. The van der Waals surface area contributed by atoms with Gasteiger partial charge in [0.15, 0.2) is 0 Å². The number of carbonyl (C=O) groups is 1. The summed E-state index contributed by atoms with van der Waals surface area (Å²) in [6, 6.07) is 8.67. The van der Waals surface area contributed by atoms with Crippen LogP contribution in [0.5, 0.6) is 0 Å². The summed E-state index contributed by atoms with van der Waals surface area (Å²) in [5, 5.41) is 5.04. The number of aryl methyl sites for hydroxylation is 1. The highest BCUT2D eigenvalue weighted by Crippen LogP contribution is 2.27. The smallest absolute Gasteiger partial charge is 0.244 e. The van der Waals surface area contributed by atoms with Gasteiger partial charge in [-0.3, -0.25) is 4.79 Å². The van der Waals surface area contributed by atoms with Crippen molar-refractivity contribution in [3.8, 4) is 0 Å². The zero-order valence-corrected chi connectivity index (χ0v) is 13.2. The number of hydrogen-bond acceptors (Lipinski definition) is 3. The molecule has 1 atom stereocenters. The maximum atomic E-state index is 12.0. The van der Waals surface area contributed by atoms with Crippen molar-refractivity contribution in [3.63, 3.8) is 0 Å². The zero-order valence-electron chi connectivity index (χ0n) is 12.4. The molecule has 1 N–H and O–H groups in total. The van der Waals surface area contributed by atoms with Gasteiger partial charge < -0.3 is 10.2 Å². The second-order valence-corrected chi connectivity index (χ2v) is 6.97. The molecule has 2 bridgehead atoms. The van der Waals surface area contributed by atoms with Crippen molar-refractivity contribution in [2.75, 3.05) is 19.6 Å². The summed E-state index contributed by atoms with van der Waals surface area (Å²) in [6.07, 6.45) is 4.11. The Morgan fingerprint density at radius 1 is 1.29 bits per heavy atom. The van der Waals surface area contributed by atoms with Crippen molar-refractivity contribution < 1.29 is 4.79 Å². The van der Waals surface area contributed by atoms with Crippen molar-refractivity contribution in [1.29, 1.82) is 0 Å². The molecule has 112 valence electrons. The summed E-state index contributed by atoms with van der Waals surface area (Å²) in [4.78, 5) is 15.6. The van der Waals surface area contributed by atoms with Crippen LogP contribution in [-0.2, 0) is 4.79 Å². The Hall–Kier alpha value is -1.26. The van der Waals surface area contributed by atoms with Crippen molar-refractivity contribution >= 4 is 17.7 Å². The van der Waals surface area contributed by atoms with E-state index in [-0.39, 0.29) is 5.91 Å². The molecule has 3 aliphatic rings. The van der Waals surface area contributed by atoms with Crippen LogP contribution in [-0.4, -0.2) is 36.5 Å². The first-order valence-electron chi connectivity index (χ1n) is 7.63. The summed E-state index contributed by atoms with van der Waals surface area (Å²) < 4.78 is 0. The van der Waals surface area contributed by atoms with E-state index in [1.807, 2.05) is 5.41 Å². The standard InChI is InChI=1S/C17H22N2OS/c1-13-2-4-15(5-3-13)21-11-8-17(20)18-16-12-19-9-6-14(16)7-10-19/h2-5,8,11,14,16H,6-7,9-10,12H2,1H3,(H,18,20). The Kier molecular flexibility index (Phi) is 4.66. The summed E-state index contributed by atoms with van der Waals surface area (Å²) in [6.45, 7) is 5.51. The number of benzene rings is 1. The van der Waals surface area contributed by atoms with Crippen LogP contribution in [0.3, 0.4) is 0 Å². The first kappa shape index (κ1) is 14.7. The molecule has 0 aromatic heterocycles. The lowest BCUT2D eigenvalue weighted by Crippen LogP contribution is -2.57. The van der Waals surface area contributed by atoms with Crippen LogP contribution in [0.4, 0.5) is 0 Å². The molecule has 0 aliphatic carbocycles. The first-order chi connectivity index (χ1) is 10.2. The summed E-state index contributed by atoms with van der Waals surface area (Å²) in [5.74, 6) is 0.713. The summed E-state index contributed by atoms with van der Waals surface area (Å²) >= 11 is 1.58. The van der Waals surface area contributed by atoms with Gasteiger partial charge in [0.25, 0.3) is 0 Å². The highest BCUT2D eigenvalue weighted by atomic mass is 32.2. The molecule has 4 heteroatoms. The van der Waals surface area contributed by atoms with Crippen LogP contribution in [0.1, 0.15) is 18.4 Å². The minimum atomic E-state index is 0.0355. The molecular weight excluding hydrogens is 280 g/mol. The Morgan fingerprint density at radius 2 is 2.00 bits per heavy atom. The molecule has 0 spiro atoms. The van der Waals surface area contributed by atoms with E-state index in [0.717, 1.165) is 11.4 Å². The van der Waals surface area contributed by atoms with E-state index in [0.29, 0.717) is 12.0 Å². The van der Waals surface area contributed by atoms with E-state index in [1.54, 1.807) is 17.8 Å². The topological polar surface area (TPSA) is 32.3 Å². The lowest BCUT2D eigenvalue weighted by atomic mass is 9.84. The fourth-order valence-corrected chi connectivity index (χ4v) is 3.79. The van der Waals surface area contributed by atoms with Gasteiger partial charge in [-0.25, -0.2) is 0 Å². The van der Waals surface area contributed by atoms with Gasteiger partial charge in [0.1, 0.15) is 0 Å². The maximum absolute atomic E-state index is 12.0. The van der Waals surface area contributed by atoms with Gasteiger partial charge in [-0.1, -0.05) is 29.5 Å². The molecule has 21 heavy (non-hydrogen) atoms. The molecule has 1 amide bonds. The van der Waals surface area contributed by atoms with E-state index < -0.39 is 0 Å². The maximum Gasteiger partial charge on any atom is 0.244 e. The van der Waals surface area contributed by atoms with E-state index in [2.05, 4.69) is 41.4 Å². The van der Waals surface area contributed by atoms with Crippen LogP contribution >= 0.6 is 11.8 Å². The van der Waals surface area contributed by atoms with Gasteiger partial charge in [0.2, 0.25) is 5.91 Å². The predicted octanol–water partition coefficient (Wildman–Crippen LogP) is 2.81. The number of nitrogens with zero attached hydrogens (tertiary/aromatic N) is 1. The van der Waals surface area contributed by atoms with Gasteiger partial charge in [0.05, 0.1) is 0 Å². The van der Waals surface area contributed by atoms with Gasteiger partial charge in [-0.2, -0.15) is 0 Å². The third-order valence-corrected chi connectivity index (χ3v) is 5.24. The fraction of sp³-hybridized carbons (Fsp3) is 0.471. The number of rotatable bonds is 4. The number of amides is 1.